The second-order valence-electron chi connectivity index (χ2n) is 6.40. The highest BCUT2D eigenvalue weighted by Gasteiger charge is 2.27. The fraction of sp³-hybridized carbons (Fsp3) is 0.812. The molecule has 4 nitrogen and oxygen atoms in total. The molecule has 1 aromatic rings. The molecule has 0 aliphatic heterocycles. The molecule has 20 heavy (non-hydrogen) atoms. The summed E-state index contributed by atoms with van der Waals surface area (Å²) in [6, 6.07) is 0.364. The molecular weight excluding hydrogens is 250 g/mol. The van der Waals surface area contributed by atoms with Crippen LogP contribution in [0.5, 0.6) is 0 Å². The Labute approximate surface area is 122 Å². The first-order valence-electron chi connectivity index (χ1n) is 7.92. The largest absolute Gasteiger partial charge is 0.384 e. The van der Waals surface area contributed by atoms with E-state index in [1.165, 1.54) is 37.9 Å². The van der Waals surface area contributed by atoms with Crippen LogP contribution in [0.3, 0.4) is 0 Å². The summed E-state index contributed by atoms with van der Waals surface area (Å²) in [5.41, 5.74) is 7.40. The third-order valence-corrected chi connectivity index (χ3v) is 4.37. The van der Waals surface area contributed by atoms with Gasteiger partial charge in [-0.05, 0) is 26.7 Å². The van der Waals surface area contributed by atoms with E-state index in [2.05, 4.69) is 25.3 Å². The molecule has 0 aromatic carbocycles. The van der Waals surface area contributed by atoms with E-state index in [1.807, 2.05) is 0 Å². The van der Waals surface area contributed by atoms with Crippen LogP contribution in [-0.4, -0.2) is 23.3 Å². The van der Waals surface area contributed by atoms with Crippen molar-refractivity contribution in [2.45, 2.75) is 70.8 Å². The first-order chi connectivity index (χ1) is 9.56. The lowest BCUT2D eigenvalue weighted by atomic mass is 9.88. The average Bonchev–Trinajstić information content (AvgIpc) is 2.78. The van der Waals surface area contributed by atoms with Crippen molar-refractivity contribution in [3.8, 4) is 0 Å². The summed E-state index contributed by atoms with van der Waals surface area (Å²) in [4.78, 5) is 4.93. The zero-order chi connectivity index (χ0) is 14.7. The molecule has 4 heteroatoms. The van der Waals surface area contributed by atoms with Crippen LogP contribution in [0.4, 0.5) is 5.82 Å². The van der Waals surface area contributed by atoms with Crippen molar-refractivity contribution in [1.29, 1.82) is 0 Å². The lowest BCUT2D eigenvalue weighted by molar-refractivity contribution is 0.183. The lowest BCUT2D eigenvalue weighted by Crippen LogP contribution is -2.15. The van der Waals surface area contributed by atoms with Gasteiger partial charge < -0.3 is 15.0 Å². The first-order valence-corrected chi connectivity index (χ1v) is 7.92. The standard InChI is InChI=1S/C16H29N3O/c1-11(2)19-15(17)14(12(3)10-20-4)18-16(19)13-8-6-5-7-9-13/h11-13H,5-10,17H2,1-4H3. The zero-order valence-corrected chi connectivity index (χ0v) is 13.4. The van der Waals surface area contributed by atoms with Gasteiger partial charge in [-0.1, -0.05) is 26.2 Å². The number of ether oxygens (including phenoxy) is 1. The normalized spacial score (nSPS) is 18.6. The number of anilines is 1. The number of nitrogens with two attached hydrogens (primary N) is 1. The predicted octanol–water partition coefficient (Wildman–Crippen LogP) is 3.84. The van der Waals surface area contributed by atoms with E-state index in [0.29, 0.717) is 18.6 Å². The lowest BCUT2D eigenvalue weighted by Gasteiger charge is -2.24. The summed E-state index contributed by atoms with van der Waals surface area (Å²) in [7, 11) is 1.73. The van der Waals surface area contributed by atoms with Gasteiger partial charge in [-0.25, -0.2) is 4.98 Å². The highest BCUT2D eigenvalue weighted by molar-refractivity contribution is 5.42. The predicted molar refractivity (Wildman–Crippen MR) is 83.1 cm³/mol. The molecule has 0 bridgehead atoms. The average molecular weight is 279 g/mol. The van der Waals surface area contributed by atoms with E-state index in [9.17, 15) is 0 Å². The fourth-order valence-corrected chi connectivity index (χ4v) is 3.36. The summed E-state index contributed by atoms with van der Waals surface area (Å²) in [5, 5.41) is 0. The summed E-state index contributed by atoms with van der Waals surface area (Å²) in [6.45, 7) is 7.19. The SMILES string of the molecule is COCC(C)c1nc(C2CCCCC2)n(C(C)C)c1N. The second kappa shape index (κ2) is 6.61. The highest BCUT2D eigenvalue weighted by atomic mass is 16.5. The summed E-state index contributed by atoms with van der Waals surface area (Å²) >= 11 is 0. The van der Waals surface area contributed by atoms with E-state index in [-0.39, 0.29) is 5.92 Å². The maximum Gasteiger partial charge on any atom is 0.127 e. The smallest absolute Gasteiger partial charge is 0.127 e. The van der Waals surface area contributed by atoms with Gasteiger partial charge in [-0.15, -0.1) is 0 Å². The van der Waals surface area contributed by atoms with Crippen molar-refractivity contribution in [2.24, 2.45) is 0 Å². The first kappa shape index (κ1) is 15.4. The molecule has 0 saturated heterocycles. The second-order valence-corrected chi connectivity index (χ2v) is 6.40. The quantitative estimate of drug-likeness (QED) is 0.891. The van der Waals surface area contributed by atoms with Gasteiger partial charge in [-0.2, -0.15) is 0 Å². The number of nitrogens with zero attached hydrogens (tertiary/aromatic N) is 2. The van der Waals surface area contributed by atoms with Gasteiger partial charge in [-0.3, -0.25) is 0 Å². The third kappa shape index (κ3) is 3.00. The number of methoxy groups -OCH3 is 1. The maximum absolute atomic E-state index is 6.39. The van der Waals surface area contributed by atoms with Gasteiger partial charge >= 0.3 is 0 Å². The van der Waals surface area contributed by atoms with Gasteiger partial charge in [0, 0.05) is 25.0 Å². The minimum Gasteiger partial charge on any atom is -0.384 e. The van der Waals surface area contributed by atoms with Crippen molar-refractivity contribution in [1.82, 2.24) is 9.55 Å². The fourth-order valence-electron chi connectivity index (χ4n) is 3.36. The number of rotatable bonds is 5. The van der Waals surface area contributed by atoms with Crippen molar-refractivity contribution in [3.05, 3.63) is 11.5 Å². The molecule has 114 valence electrons. The van der Waals surface area contributed by atoms with Gasteiger partial charge in [0.05, 0.1) is 12.3 Å². The van der Waals surface area contributed by atoms with Crippen LogP contribution in [0.2, 0.25) is 0 Å². The molecule has 1 aromatic heterocycles. The Morgan fingerprint density at radius 1 is 1.25 bits per heavy atom. The Kier molecular flexibility index (Phi) is 5.08. The van der Waals surface area contributed by atoms with E-state index >= 15 is 0 Å². The Morgan fingerprint density at radius 2 is 1.90 bits per heavy atom. The number of aromatic nitrogens is 2. The van der Waals surface area contributed by atoms with Crippen LogP contribution in [-0.2, 0) is 4.74 Å². The van der Waals surface area contributed by atoms with Gasteiger partial charge in [0.25, 0.3) is 0 Å². The van der Waals surface area contributed by atoms with Crippen molar-refractivity contribution in [2.75, 3.05) is 19.5 Å². The van der Waals surface area contributed by atoms with Gasteiger partial charge in [0.15, 0.2) is 0 Å². The number of imidazole rings is 1. The Hall–Kier alpha value is -1.03. The third-order valence-electron chi connectivity index (χ3n) is 4.37. The van der Waals surface area contributed by atoms with Gasteiger partial charge in [0.1, 0.15) is 11.6 Å². The molecular formula is C16H29N3O. The number of nitrogen functional groups attached to an aromatic ring is 1. The molecule has 2 rings (SSSR count). The van der Waals surface area contributed by atoms with E-state index in [1.54, 1.807) is 7.11 Å². The van der Waals surface area contributed by atoms with Crippen LogP contribution in [0.25, 0.3) is 0 Å². The molecule has 1 unspecified atom stereocenters. The minimum atomic E-state index is 0.252. The van der Waals surface area contributed by atoms with Gasteiger partial charge in [0.2, 0.25) is 0 Å². The molecule has 0 radical (unpaired) electrons. The Balaban J connectivity index is 2.36. The maximum atomic E-state index is 6.39. The monoisotopic (exact) mass is 279 g/mol. The topological polar surface area (TPSA) is 53.1 Å². The molecule has 1 heterocycles. The molecule has 2 N–H and O–H groups in total. The van der Waals surface area contributed by atoms with Crippen molar-refractivity contribution >= 4 is 5.82 Å². The summed E-state index contributed by atoms with van der Waals surface area (Å²) in [5.74, 6) is 2.87. The number of hydrogen-bond acceptors (Lipinski definition) is 3. The van der Waals surface area contributed by atoms with Crippen LogP contribution in [0.1, 0.15) is 82.3 Å². The van der Waals surface area contributed by atoms with E-state index in [4.69, 9.17) is 15.5 Å². The summed E-state index contributed by atoms with van der Waals surface area (Å²) in [6.07, 6.45) is 6.50. The molecule has 0 amide bonds. The van der Waals surface area contributed by atoms with Crippen LogP contribution in [0, 0.1) is 0 Å². The molecule has 0 spiro atoms. The molecule has 1 aliphatic carbocycles. The van der Waals surface area contributed by atoms with Crippen LogP contribution >= 0.6 is 0 Å². The van der Waals surface area contributed by atoms with Crippen molar-refractivity contribution < 1.29 is 4.74 Å². The minimum absolute atomic E-state index is 0.252. The van der Waals surface area contributed by atoms with E-state index < -0.39 is 0 Å². The highest BCUT2D eigenvalue weighted by Crippen LogP contribution is 2.36. The number of hydrogen-bond donors (Lipinski definition) is 1. The molecule has 1 saturated carbocycles. The zero-order valence-electron chi connectivity index (χ0n) is 13.4. The summed E-state index contributed by atoms with van der Waals surface area (Å²) < 4.78 is 7.51. The van der Waals surface area contributed by atoms with E-state index in [0.717, 1.165) is 11.5 Å². The molecule has 1 atom stereocenters. The van der Waals surface area contributed by atoms with Crippen LogP contribution in [0.15, 0.2) is 0 Å². The molecule has 1 aliphatic rings. The Morgan fingerprint density at radius 3 is 2.45 bits per heavy atom. The van der Waals surface area contributed by atoms with Crippen molar-refractivity contribution in [3.63, 3.8) is 0 Å². The molecule has 1 fully saturated rings. The Bertz CT molecular complexity index is 433. The van der Waals surface area contributed by atoms with Crippen LogP contribution < -0.4 is 5.73 Å².